The Balaban J connectivity index is 0.00000210. The van der Waals surface area contributed by atoms with Crippen LogP contribution in [0.1, 0.15) is 71.3 Å². The topological polar surface area (TPSA) is 78.4 Å². The Kier molecular flexibility index (Phi) is 11.2. The molecule has 3 N–H and O–H groups in total. The SMILES string of the molecule is CC(=O)N[C@H](CCNC1(C2=CCCC(C(C)C)=C2)CCC(=O)CC1)Cc1cc(F)cc(F)c1.CO. The van der Waals surface area contributed by atoms with Crippen molar-refractivity contribution in [3.8, 4) is 0 Å². The predicted molar refractivity (Wildman–Crippen MR) is 135 cm³/mol. The molecule has 2 aliphatic carbocycles. The maximum atomic E-state index is 13.6. The van der Waals surface area contributed by atoms with Crippen LogP contribution >= 0.6 is 0 Å². The number of aliphatic hydroxyl groups is 1. The molecule has 0 spiro atoms. The van der Waals surface area contributed by atoms with Gasteiger partial charge in [0.1, 0.15) is 17.4 Å². The van der Waals surface area contributed by atoms with Gasteiger partial charge in [0.05, 0.1) is 0 Å². The highest BCUT2D eigenvalue weighted by molar-refractivity contribution is 5.80. The van der Waals surface area contributed by atoms with Crippen molar-refractivity contribution in [1.82, 2.24) is 10.6 Å². The zero-order valence-electron chi connectivity index (χ0n) is 21.4. The summed E-state index contributed by atoms with van der Waals surface area (Å²) in [6.07, 6.45) is 10.3. The van der Waals surface area contributed by atoms with Gasteiger partial charge < -0.3 is 15.7 Å². The molecule has 0 radical (unpaired) electrons. The fourth-order valence-corrected chi connectivity index (χ4v) is 5.05. The molecule has 0 unspecified atom stereocenters. The van der Waals surface area contributed by atoms with Crippen molar-refractivity contribution in [2.75, 3.05) is 13.7 Å². The Labute approximate surface area is 208 Å². The van der Waals surface area contributed by atoms with Crippen molar-refractivity contribution in [1.29, 1.82) is 0 Å². The summed E-state index contributed by atoms with van der Waals surface area (Å²) in [6, 6.07) is 3.22. The molecule has 1 aromatic rings. The second-order valence-electron chi connectivity index (χ2n) is 9.79. The van der Waals surface area contributed by atoms with Crippen LogP contribution in [-0.4, -0.2) is 42.0 Å². The van der Waals surface area contributed by atoms with Gasteiger partial charge in [-0.3, -0.25) is 9.59 Å². The van der Waals surface area contributed by atoms with Gasteiger partial charge in [0.15, 0.2) is 0 Å². The van der Waals surface area contributed by atoms with E-state index in [2.05, 4.69) is 36.6 Å². The first-order chi connectivity index (χ1) is 16.7. The second-order valence-corrected chi connectivity index (χ2v) is 9.79. The first-order valence-electron chi connectivity index (χ1n) is 12.5. The lowest BCUT2D eigenvalue weighted by Crippen LogP contribution is -2.51. The summed E-state index contributed by atoms with van der Waals surface area (Å²) in [6.45, 7) is 6.50. The van der Waals surface area contributed by atoms with Crippen molar-refractivity contribution in [3.05, 3.63) is 58.7 Å². The number of aliphatic hydroxyl groups excluding tert-OH is 1. The smallest absolute Gasteiger partial charge is 0.217 e. The summed E-state index contributed by atoms with van der Waals surface area (Å²) in [7, 11) is 1.00. The normalized spacial score (nSPS) is 18.2. The number of carbonyl (C=O) groups excluding carboxylic acids is 2. The van der Waals surface area contributed by atoms with E-state index in [9.17, 15) is 18.4 Å². The maximum absolute atomic E-state index is 13.6. The lowest BCUT2D eigenvalue weighted by Gasteiger charge is -2.41. The molecule has 0 aromatic heterocycles. The Morgan fingerprint density at radius 1 is 1.09 bits per heavy atom. The van der Waals surface area contributed by atoms with Gasteiger partial charge in [0.25, 0.3) is 0 Å². The fourth-order valence-electron chi connectivity index (χ4n) is 5.05. The minimum absolute atomic E-state index is 0.172. The first-order valence-corrected chi connectivity index (χ1v) is 12.5. The number of hydrogen-bond donors (Lipinski definition) is 3. The third-order valence-corrected chi connectivity index (χ3v) is 6.86. The van der Waals surface area contributed by atoms with Crippen LogP contribution in [0, 0.1) is 17.6 Å². The predicted octanol–water partition coefficient (Wildman–Crippen LogP) is 4.78. The van der Waals surface area contributed by atoms with Gasteiger partial charge >= 0.3 is 0 Å². The number of amides is 1. The Morgan fingerprint density at radius 3 is 2.29 bits per heavy atom. The van der Waals surface area contributed by atoms with Crippen LogP contribution in [0.5, 0.6) is 0 Å². The molecule has 1 atom stereocenters. The number of carbonyl (C=O) groups is 2. The molecular formula is C28H40F2N2O3. The fraction of sp³-hybridized carbons (Fsp3) is 0.571. The summed E-state index contributed by atoms with van der Waals surface area (Å²) < 4.78 is 27.3. The van der Waals surface area contributed by atoms with E-state index in [-0.39, 0.29) is 17.5 Å². The van der Waals surface area contributed by atoms with Gasteiger partial charge in [-0.25, -0.2) is 8.78 Å². The molecule has 1 fully saturated rings. The highest BCUT2D eigenvalue weighted by atomic mass is 19.1. The van der Waals surface area contributed by atoms with E-state index in [4.69, 9.17) is 5.11 Å². The summed E-state index contributed by atoms with van der Waals surface area (Å²) in [5.74, 6) is -0.609. The Morgan fingerprint density at radius 2 is 1.71 bits per heavy atom. The van der Waals surface area contributed by atoms with E-state index in [0.29, 0.717) is 49.5 Å². The average Bonchev–Trinajstić information content (AvgIpc) is 2.81. The summed E-state index contributed by atoms with van der Waals surface area (Å²) in [5.41, 5.74) is 2.98. The number of rotatable bonds is 9. The van der Waals surface area contributed by atoms with E-state index in [1.807, 2.05) is 0 Å². The molecule has 7 heteroatoms. The number of halogens is 2. The lowest BCUT2D eigenvalue weighted by molar-refractivity contribution is -0.121. The van der Waals surface area contributed by atoms with Crippen LogP contribution in [0.4, 0.5) is 8.78 Å². The molecular weight excluding hydrogens is 450 g/mol. The van der Waals surface area contributed by atoms with Crippen molar-refractivity contribution in [2.45, 2.75) is 83.7 Å². The molecule has 1 amide bonds. The first kappa shape index (κ1) is 28.9. The maximum Gasteiger partial charge on any atom is 0.217 e. The van der Waals surface area contributed by atoms with Gasteiger partial charge in [0.2, 0.25) is 5.91 Å². The van der Waals surface area contributed by atoms with E-state index in [0.717, 1.165) is 38.9 Å². The van der Waals surface area contributed by atoms with Gasteiger partial charge in [0, 0.05) is 44.5 Å². The van der Waals surface area contributed by atoms with Crippen molar-refractivity contribution >= 4 is 11.7 Å². The van der Waals surface area contributed by atoms with Crippen LogP contribution in [0.15, 0.2) is 41.5 Å². The quantitative estimate of drug-likeness (QED) is 0.465. The largest absolute Gasteiger partial charge is 0.400 e. The third kappa shape index (κ3) is 8.65. The molecule has 0 saturated heterocycles. The number of benzene rings is 1. The van der Waals surface area contributed by atoms with E-state index in [1.165, 1.54) is 30.2 Å². The molecule has 3 rings (SSSR count). The number of nitrogens with one attached hydrogen (secondary N) is 2. The van der Waals surface area contributed by atoms with Crippen molar-refractivity contribution < 1.29 is 23.5 Å². The Bertz CT molecular complexity index is 910. The van der Waals surface area contributed by atoms with Crippen LogP contribution < -0.4 is 10.6 Å². The van der Waals surface area contributed by atoms with Gasteiger partial charge in [-0.1, -0.05) is 31.6 Å². The highest BCUT2D eigenvalue weighted by Gasteiger charge is 2.37. The van der Waals surface area contributed by atoms with E-state index in [1.54, 1.807) is 0 Å². The molecule has 1 aromatic carbocycles. The zero-order chi connectivity index (χ0) is 26.0. The number of Topliss-reactive ketones (excluding diaryl/α,β-unsaturated/α-hetero) is 1. The lowest BCUT2D eigenvalue weighted by atomic mass is 9.72. The van der Waals surface area contributed by atoms with Crippen LogP contribution in [-0.2, 0) is 16.0 Å². The van der Waals surface area contributed by atoms with Crippen molar-refractivity contribution in [3.63, 3.8) is 0 Å². The minimum atomic E-state index is -0.618. The zero-order valence-corrected chi connectivity index (χ0v) is 21.4. The summed E-state index contributed by atoms with van der Waals surface area (Å²) >= 11 is 0. The minimum Gasteiger partial charge on any atom is -0.400 e. The van der Waals surface area contributed by atoms with Gasteiger partial charge in [-0.05, 0) is 74.3 Å². The van der Waals surface area contributed by atoms with Crippen molar-refractivity contribution in [2.24, 2.45) is 5.92 Å². The summed E-state index contributed by atoms with van der Waals surface area (Å²) in [4.78, 5) is 23.8. The monoisotopic (exact) mass is 490 g/mol. The van der Waals surface area contributed by atoms with Gasteiger partial charge in [-0.2, -0.15) is 0 Å². The van der Waals surface area contributed by atoms with E-state index < -0.39 is 11.6 Å². The van der Waals surface area contributed by atoms with E-state index >= 15 is 0 Å². The van der Waals surface area contributed by atoms with Crippen LogP contribution in [0.2, 0.25) is 0 Å². The number of ketones is 1. The second kappa shape index (κ2) is 13.6. The molecule has 2 aliphatic rings. The third-order valence-electron chi connectivity index (χ3n) is 6.86. The number of allylic oxidation sites excluding steroid dienone is 2. The Hall–Kier alpha value is -2.38. The molecule has 194 valence electrons. The standard InChI is InChI=1S/C27H36F2N2O2.CH4O/c1-18(2)21-5-4-6-22(16-21)27(10-7-26(33)8-11-27)30-12-9-25(31-19(3)32)15-20-13-23(28)17-24(29)14-20;1-2/h6,13-14,16-18,25,30H,4-5,7-12,15H2,1-3H3,(H,31,32);2H,1H3/t25-;/m1./s1. The van der Waals surface area contributed by atoms with Crippen LogP contribution in [0.25, 0.3) is 0 Å². The molecule has 0 aliphatic heterocycles. The molecule has 1 saturated carbocycles. The highest BCUT2D eigenvalue weighted by Crippen LogP contribution is 2.38. The molecule has 35 heavy (non-hydrogen) atoms. The van der Waals surface area contributed by atoms with Crippen LogP contribution in [0.3, 0.4) is 0 Å². The van der Waals surface area contributed by atoms with Gasteiger partial charge in [-0.15, -0.1) is 0 Å². The molecule has 0 heterocycles. The average molecular weight is 491 g/mol. The summed E-state index contributed by atoms with van der Waals surface area (Å²) in [5, 5.41) is 13.7. The number of hydrogen-bond acceptors (Lipinski definition) is 4. The molecule has 5 nitrogen and oxygen atoms in total. The molecule has 0 bridgehead atoms.